The molecule has 0 aliphatic heterocycles. The number of benzene rings is 2. The Hall–Kier alpha value is -3.35. The number of aryl methyl sites for hydroxylation is 4. The van der Waals surface area contributed by atoms with E-state index in [2.05, 4.69) is 17.6 Å². The van der Waals surface area contributed by atoms with E-state index >= 15 is 0 Å². The lowest BCUT2D eigenvalue weighted by Gasteiger charge is -2.35. The number of hydrogen-bond acceptors (Lipinski definition) is 4. The fraction of sp³-hybridized carbons (Fsp3) is 0.516. The lowest BCUT2D eigenvalue weighted by molar-refractivity contribution is -0.140. The van der Waals surface area contributed by atoms with E-state index in [0.717, 1.165) is 52.8 Å². The molecule has 0 bridgehead atoms. The van der Waals surface area contributed by atoms with Gasteiger partial charge in [0.1, 0.15) is 17.7 Å². The number of rotatable bonds is 10. The predicted molar refractivity (Wildman–Crippen MR) is 153 cm³/mol. The third-order valence-corrected chi connectivity index (χ3v) is 6.49. The molecule has 208 valence electrons. The molecule has 0 heterocycles. The van der Waals surface area contributed by atoms with Crippen LogP contribution in [0.5, 0.6) is 0 Å². The average molecular weight is 524 g/mol. The minimum absolute atomic E-state index is 0.283. The van der Waals surface area contributed by atoms with Crippen molar-refractivity contribution in [2.45, 2.75) is 99.3 Å². The van der Waals surface area contributed by atoms with Gasteiger partial charge in [0.2, 0.25) is 5.91 Å². The topological polar surface area (TPSA) is 87.7 Å². The highest BCUT2D eigenvalue weighted by Crippen LogP contribution is 2.31. The number of nitrogens with zero attached hydrogens (tertiary/aromatic N) is 1. The zero-order valence-electron chi connectivity index (χ0n) is 24.5. The van der Waals surface area contributed by atoms with Crippen LogP contribution in [0.1, 0.15) is 87.7 Å². The Bertz CT molecular complexity index is 1100. The molecular weight excluding hydrogens is 478 g/mol. The first-order valence-corrected chi connectivity index (χ1v) is 13.5. The molecule has 0 aromatic heterocycles. The quantitative estimate of drug-likeness (QED) is 0.347. The number of alkyl carbamates (subject to hydrolysis) is 1. The Morgan fingerprint density at radius 2 is 1.42 bits per heavy atom. The number of amides is 3. The van der Waals surface area contributed by atoms with Crippen LogP contribution >= 0.6 is 0 Å². The molecule has 2 atom stereocenters. The van der Waals surface area contributed by atoms with Crippen LogP contribution in [0.25, 0.3) is 0 Å². The molecule has 2 rings (SSSR count). The number of hydrogen-bond donors (Lipinski definition) is 2. The van der Waals surface area contributed by atoms with Crippen LogP contribution in [-0.4, -0.2) is 41.0 Å². The van der Waals surface area contributed by atoms with Crippen molar-refractivity contribution in [2.24, 2.45) is 0 Å². The summed E-state index contributed by atoms with van der Waals surface area (Å²) >= 11 is 0. The SMILES string of the molecule is CCCCCN(C(=O)C(C)NC(=O)OC(C)(C)C)C(C(=O)Nc1c(C)cccc1C)c1c(C)cccc1C. The minimum Gasteiger partial charge on any atom is -0.444 e. The second kappa shape index (κ2) is 13.4. The molecule has 0 saturated carbocycles. The fourth-order valence-electron chi connectivity index (χ4n) is 4.58. The molecule has 38 heavy (non-hydrogen) atoms. The van der Waals surface area contributed by atoms with Crippen molar-refractivity contribution in [3.63, 3.8) is 0 Å². The molecule has 0 aliphatic carbocycles. The third-order valence-electron chi connectivity index (χ3n) is 6.49. The maximum atomic E-state index is 14.1. The molecule has 7 heteroatoms. The maximum Gasteiger partial charge on any atom is 0.408 e. The first kappa shape index (κ1) is 30.9. The Labute approximate surface area is 228 Å². The maximum absolute atomic E-state index is 14.1. The highest BCUT2D eigenvalue weighted by Gasteiger charge is 2.36. The molecule has 0 fully saturated rings. The van der Waals surface area contributed by atoms with Gasteiger partial charge in [0, 0.05) is 12.2 Å². The second-order valence-electron chi connectivity index (χ2n) is 11.1. The largest absolute Gasteiger partial charge is 0.444 e. The van der Waals surface area contributed by atoms with E-state index in [9.17, 15) is 14.4 Å². The Morgan fingerprint density at radius 3 is 1.92 bits per heavy atom. The molecule has 3 amide bonds. The number of carbonyl (C=O) groups is 3. The van der Waals surface area contributed by atoms with Gasteiger partial charge in [-0.25, -0.2) is 4.79 Å². The third kappa shape index (κ3) is 8.33. The number of unbranched alkanes of at least 4 members (excludes halogenated alkanes) is 2. The zero-order valence-corrected chi connectivity index (χ0v) is 24.5. The van der Waals surface area contributed by atoms with Gasteiger partial charge in [-0.05, 0) is 89.6 Å². The molecule has 7 nitrogen and oxygen atoms in total. The van der Waals surface area contributed by atoms with Gasteiger partial charge in [-0.1, -0.05) is 56.2 Å². The second-order valence-corrected chi connectivity index (χ2v) is 11.1. The molecule has 0 radical (unpaired) electrons. The summed E-state index contributed by atoms with van der Waals surface area (Å²) in [6.45, 7) is 17.2. The van der Waals surface area contributed by atoms with Crippen LogP contribution in [0.15, 0.2) is 36.4 Å². The number of ether oxygens (including phenoxy) is 1. The van der Waals surface area contributed by atoms with Gasteiger partial charge < -0.3 is 20.3 Å². The highest BCUT2D eigenvalue weighted by molar-refractivity contribution is 6.00. The molecule has 2 aromatic carbocycles. The van der Waals surface area contributed by atoms with Gasteiger partial charge in [-0.15, -0.1) is 0 Å². The summed E-state index contributed by atoms with van der Waals surface area (Å²) in [5, 5.41) is 5.79. The van der Waals surface area contributed by atoms with Crippen LogP contribution < -0.4 is 10.6 Å². The summed E-state index contributed by atoms with van der Waals surface area (Å²) in [4.78, 5) is 42.2. The standard InChI is InChI=1S/C31H45N3O4/c1-10-11-12-19-34(29(36)24(6)32-30(37)38-31(7,8)9)27(25-20(2)15-13-16-21(25)3)28(35)33-26-22(4)17-14-18-23(26)5/h13-18,24,27H,10-12,19H2,1-9H3,(H,32,37)(H,33,35). The van der Waals surface area contributed by atoms with Crippen molar-refractivity contribution in [3.8, 4) is 0 Å². The van der Waals surface area contributed by atoms with Crippen LogP contribution in [0.2, 0.25) is 0 Å². The van der Waals surface area contributed by atoms with Crippen LogP contribution in [0.4, 0.5) is 10.5 Å². The summed E-state index contributed by atoms with van der Waals surface area (Å²) in [7, 11) is 0. The summed E-state index contributed by atoms with van der Waals surface area (Å²) in [5.74, 6) is -0.620. The van der Waals surface area contributed by atoms with Crippen molar-refractivity contribution < 1.29 is 19.1 Å². The normalized spacial score (nSPS) is 12.9. The van der Waals surface area contributed by atoms with Gasteiger partial charge in [-0.3, -0.25) is 9.59 Å². The molecule has 0 spiro atoms. The van der Waals surface area contributed by atoms with Crippen LogP contribution in [-0.2, 0) is 14.3 Å². The van der Waals surface area contributed by atoms with E-state index < -0.39 is 23.8 Å². The molecule has 2 N–H and O–H groups in total. The van der Waals surface area contributed by atoms with Crippen LogP contribution in [0, 0.1) is 27.7 Å². The van der Waals surface area contributed by atoms with Crippen molar-refractivity contribution in [2.75, 3.05) is 11.9 Å². The summed E-state index contributed by atoms with van der Waals surface area (Å²) < 4.78 is 5.37. The number of para-hydroxylation sites is 1. The highest BCUT2D eigenvalue weighted by atomic mass is 16.6. The van der Waals surface area contributed by atoms with E-state index in [1.54, 1.807) is 32.6 Å². The number of nitrogens with one attached hydrogen (secondary N) is 2. The molecule has 0 aliphatic rings. The first-order valence-electron chi connectivity index (χ1n) is 13.5. The zero-order chi connectivity index (χ0) is 28.6. The molecule has 2 aromatic rings. The lowest BCUT2D eigenvalue weighted by atomic mass is 9.93. The average Bonchev–Trinajstić information content (AvgIpc) is 2.80. The Balaban J connectivity index is 2.55. The van der Waals surface area contributed by atoms with E-state index in [4.69, 9.17) is 4.74 Å². The van der Waals surface area contributed by atoms with E-state index in [1.807, 2.05) is 64.1 Å². The van der Waals surface area contributed by atoms with Gasteiger partial charge in [0.15, 0.2) is 0 Å². The molecule has 2 unspecified atom stereocenters. The summed E-state index contributed by atoms with van der Waals surface area (Å²) in [6.07, 6.45) is 1.95. The van der Waals surface area contributed by atoms with Gasteiger partial charge in [0.25, 0.3) is 5.91 Å². The van der Waals surface area contributed by atoms with E-state index in [0.29, 0.717) is 6.54 Å². The van der Waals surface area contributed by atoms with Crippen LogP contribution in [0.3, 0.4) is 0 Å². The minimum atomic E-state index is -0.883. The fourth-order valence-corrected chi connectivity index (χ4v) is 4.58. The summed E-state index contributed by atoms with van der Waals surface area (Å²) in [6, 6.07) is 9.96. The number of anilines is 1. The van der Waals surface area contributed by atoms with Crippen molar-refractivity contribution in [3.05, 3.63) is 64.2 Å². The predicted octanol–water partition coefficient (Wildman–Crippen LogP) is 6.53. The van der Waals surface area contributed by atoms with Gasteiger partial charge in [0.05, 0.1) is 0 Å². The molecule has 0 saturated heterocycles. The lowest BCUT2D eigenvalue weighted by Crippen LogP contribution is -2.51. The van der Waals surface area contributed by atoms with Crippen molar-refractivity contribution in [1.29, 1.82) is 0 Å². The summed E-state index contributed by atoms with van der Waals surface area (Å²) in [5.41, 5.74) is 4.59. The smallest absolute Gasteiger partial charge is 0.408 e. The van der Waals surface area contributed by atoms with Gasteiger partial charge in [-0.2, -0.15) is 0 Å². The monoisotopic (exact) mass is 523 g/mol. The Kier molecular flexibility index (Phi) is 10.9. The van der Waals surface area contributed by atoms with E-state index in [1.165, 1.54) is 0 Å². The Morgan fingerprint density at radius 1 is 0.895 bits per heavy atom. The van der Waals surface area contributed by atoms with E-state index in [-0.39, 0.29) is 11.8 Å². The van der Waals surface area contributed by atoms with Crippen molar-refractivity contribution in [1.82, 2.24) is 10.2 Å². The number of carbonyl (C=O) groups excluding carboxylic acids is 3. The van der Waals surface area contributed by atoms with Gasteiger partial charge >= 0.3 is 6.09 Å². The molecular formula is C31H45N3O4. The first-order chi connectivity index (χ1) is 17.8. The van der Waals surface area contributed by atoms with Crippen molar-refractivity contribution >= 4 is 23.6 Å².